The van der Waals surface area contributed by atoms with Crippen LogP contribution in [0.15, 0.2) is 18.2 Å². The van der Waals surface area contributed by atoms with Crippen molar-refractivity contribution in [1.82, 2.24) is 0 Å². The van der Waals surface area contributed by atoms with E-state index in [4.69, 9.17) is 5.73 Å². The van der Waals surface area contributed by atoms with Crippen LogP contribution in [0.4, 0.5) is 15.8 Å². The Kier molecular flexibility index (Phi) is 4.43. The van der Waals surface area contributed by atoms with E-state index >= 15 is 0 Å². The number of benzene rings is 1. The lowest BCUT2D eigenvalue weighted by atomic mass is 10.3. The molecule has 0 fully saturated rings. The molecule has 0 spiro atoms. The lowest BCUT2D eigenvalue weighted by Crippen LogP contribution is -1.93. The Bertz CT molecular complexity index is 302. The van der Waals surface area contributed by atoms with Crippen molar-refractivity contribution in [1.29, 1.82) is 0 Å². The molecule has 5 heteroatoms. The summed E-state index contributed by atoms with van der Waals surface area (Å²) in [6, 6.07) is 3.23. The lowest BCUT2D eigenvalue weighted by molar-refractivity contribution is -0.387. The summed E-state index contributed by atoms with van der Waals surface area (Å²) >= 11 is 0. The first-order chi connectivity index (χ1) is 6.11. The van der Waals surface area contributed by atoms with Gasteiger partial charge in [-0.3, -0.25) is 10.1 Å². The molecule has 0 amide bonds. The minimum Gasteiger partial charge on any atom is -0.399 e. The van der Waals surface area contributed by atoms with Gasteiger partial charge in [-0.25, -0.2) is 0 Å². The number of nitrogens with two attached hydrogens (primary N) is 1. The van der Waals surface area contributed by atoms with Gasteiger partial charge in [0.05, 0.1) is 4.92 Å². The first-order valence-corrected chi connectivity index (χ1v) is 3.80. The second-order valence-corrected chi connectivity index (χ2v) is 1.97. The van der Waals surface area contributed by atoms with Crippen LogP contribution >= 0.6 is 0 Å². The first-order valence-electron chi connectivity index (χ1n) is 3.80. The molecule has 4 nitrogen and oxygen atoms in total. The third kappa shape index (κ3) is 3.06. The van der Waals surface area contributed by atoms with Crippen LogP contribution in [0.2, 0.25) is 0 Å². The normalized spacial score (nSPS) is 8.54. The molecule has 0 bridgehead atoms. The van der Waals surface area contributed by atoms with Crippen LogP contribution in [0.5, 0.6) is 0 Å². The monoisotopic (exact) mass is 186 g/mol. The highest BCUT2D eigenvalue weighted by molar-refractivity contribution is 5.45. The average molecular weight is 186 g/mol. The molecule has 1 aromatic rings. The molecule has 0 unspecified atom stereocenters. The van der Waals surface area contributed by atoms with Crippen molar-refractivity contribution < 1.29 is 9.31 Å². The molecular formula is C8H11FN2O2. The molecule has 0 radical (unpaired) electrons. The molecule has 0 aliphatic carbocycles. The van der Waals surface area contributed by atoms with Crippen molar-refractivity contribution in [3.8, 4) is 0 Å². The van der Waals surface area contributed by atoms with Crippen LogP contribution in [-0.4, -0.2) is 4.92 Å². The minimum absolute atomic E-state index is 0.174. The van der Waals surface area contributed by atoms with Gasteiger partial charge in [0.1, 0.15) is 0 Å². The van der Waals surface area contributed by atoms with E-state index in [1.807, 2.05) is 13.8 Å². The Morgan fingerprint density at radius 2 is 2.00 bits per heavy atom. The molecule has 0 saturated carbocycles. The molecule has 0 saturated heterocycles. The van der Waals surface area contributed by atoms with E-state index in [1.165, 1.54) is 6.07 Å². The summed E-state index contributed by atoms with van der Waals surface area (Å²) in [5, 5.41) is 10.1. The maximum Gasteiger partial charge on any atom is 0.304 e. The number of anilines is 1. The highest BCUT2D eigenvalue weighted by Crippen LogP contribution is 2.18. The zero-order valence-corrected chi connectivity index (χ0v) is 7.45. The molecule has 0 aliphatic rings. The van der Waals surface area contributed by atoms with Crippen molar-refractivity contribution >= 4 is 11.4 Å². The zero-order valence-electron chi connectivity index (χ0n) is 7.45. The average Bonchev–Trinajstić information content (AvgIpc) is 2.07. The highest BCUT2D eigenvalue weighted by Gasteiger charge is 2.12. The molecule has 1 rings (SSSR count). The fourth-order valence-corrected chi connectivity index (χ4v) is 0.671. The van der Waals surface area contributed by atoms with E-state index in [1.54, 1.807) is 0 Å². The van der Waals surface area contributed by atoms with Crippen LogP contribution in [0.25, 0.3) is 0 Å². The van der Waals surface area contributed by atoms with E-state index in [-0.39, 0.29) is 5.69 Å². The maximum atomic E-state index is 12.6. The molecule has 1 aromatic carbocycles. The molecule has 0 heterocycles. The van der Waals surface area contributed by atoms with Gasteiger partial charge in [-0.2, -0.15) is 4.39 Å². The Hall–Kier alpha value is -1.65. The highest BCUT2D eigenvalue weighted by atomic mass is 19.1. The fraction of sp³-hybridized carbons (Fsp3) is 0.250. The Labute approximate surface area is 75.3 Å². The summed E-state index contributed by atoms with van der Waals surface area (Å²) in [6.45, 7) is 4.00. The molecular weight excluding hydrogens is 175 g/mol. The van der Waals surface area contributed by atoms with E-state index in [9.17, 15) is 14.5 Å². The Morgan fingerprint density at radius 1 is 1.46 bits per heavy atom. The summed E-state index contributed by atoms with van der Waals surface area (Å²) in [5.74, 6) is -0.907. The topological polar surface area (TPSA) is 69.2 Å². The molecule has 13 heavy (non-hydrogen) atoms. The van der Waals surface area contributed by atoms with Crippen LogP contribution in [-0.2, 0) is 0 Å². The van der Waals surface area contributed by atoms with E-state index < -0.39 is 16.4 Å². The second-order valence-electron chi connectivity index (χ2n) is 1.97. The molecule has 0 aliphatic heterocycles. The van der Waals surface area contributed by atoms with Crippen molar-refractivity contribution in [3.05, 3.63) is 34.1 Å². The number of hydrogen-bond donors (Lipinski definition) is 1. The van der Waals surface area contributed by atoms with E-state index in [2.05, 4.69) is 0 Å². The summed E-state index contributed by atoms with van der Waals surface area (Å²) in [4.78, 5) is 9.26. The van der Waals surface area contributed by atoms with Crippen molar-refractivity contribution in [2.75, 3.05) is 5.73 Å². The number of hydrogen-bond acceptors (Lipinski definition) is 3. The fourth-order valence-electron chi connectivity index (χ4n) is 0.671. The second kappa shape index (κ2) is 5.08. The Morgan fingerprint density at radius 3 is 2.38 bits per heavy atom. The SMILES string of the molecule is CC.Nc1ccc([N+](=O)[O-])c(F)c1. The molecule has 2 N–H and O–H groups in total. The first kappa shape index (κ1) is 11.4. The third-order valence-electron chi connectivity index (χ3n) is 1.17. The minimum atomic E-state index is -0.907. The van der Waals surface area contributed by atoms with Crippen LogP contribution in [0, 0.1) is 15.9 Å². The molecule has 0 atom stereocenters. The predicted molar refractivity (Wildman–Crippen MR) is 48.8 cm³/mol. The predicted octanol–water partition coefficient (Wildman–Crippen LogP) is 2.34. The number of rotatable bonds is 1. The van der Waals surface area contributed by atoms with Gasteiger partial charge < -0.3 is 5.73 Å². The zero-order chi connectivity index (χ0) is 10.4. The lowest BCUT2D eigenvalue weighted by Gasteiger charge is -1.93. The smallest absolute Gasteiger partial charge is 0.304 e. The largest absolute Gasteiger partial charge is 0.399 e. The summed E-state index contributed by atoms with van der Waals surface area (Å²) in [5.41, 5.74) is 4.78. The molecule has 72 valence electrons. The van der Waals surface area contributed by atoms with Crippen LogP contribution in [0.3, 0.4) is 0 Å². The number of nitro groups is 1. The van der Waals surface area contributed by atoms with Crippen molar-refractivity contribution in [3.63, 3.8) is 0 Å². The van der Waals surface area contributed by atoms with Crippen molar-refractivity contribution in [2.24, 2.45) is 0 Å². The van der Waals surface area contributed by atoms with Gasteiger partial charge in [0, 0.05) is 17.8 Å². The van der Waals surface area contributed by atoms with Crippen LogP contribution in [0.1, 0.15) is 13.8 Å². The van der Waals surface area contributed by atoms with Crippen molar-refractivity contribution in [2.45, 2.75) is 13.8 Å². The van der Waals surface area contributed by atoms with Crippen LogP contribution < -0.4 is 5.73 Å². The van der Waals surface area contributed by atoms with Gasteiger partial charge in [-0.15, -0.1) is 0 Å². The van der Waals surface area contributed by atoms with Gasteiger partial charge in [0.2, 0.25) is 5.82 Å². The van der Waals surface area contributed by atoms with E-state index in [0.717, 1.165) is 12.1 Å². The Balaban J connectivity index is 0.000000671. The molecule has 0 aromatic heterocycles. The van der Waals surface area contributed by atoms with Gasteiger partial charge in [-0.1, -0.05) is 13.8 Å². The summed E-state index contributed by atoms with van der Waals surface area (Å²) in [7, 11) is 0. The number of nitrogen functional groups attached to an aromatic ring is 1. The van der Waals surface area contributed by atoms with Gasteiger partial charge >= 0.3 is 5.69 Å². The summed E-state index contributed by atoms with van der Waals surface area (Å²) in [6.07, 6.45) is 0. The van der Waals surface area contributed by atoms with Gasteiger partial charge in [0.15, 0.2) is 0 Å². The number of nitro benzene ring substituents is 1. The van der Waals surface area contributed by atoms with Gasteiger partial charge in [0.25, 0.3) is 0 Å². The standard InChI is InChI=1S/C6H5FN2O2.C2H6/c7-5-3-4(8)1-2-6(5)9(10)11;1-2/h1-3H,8H2;1-2H3. The van der Waals surface area contributed by atoms with E-state index in [0.29, 0.717) is 0 Å². The quantitative estimate of drug-likeness (QED) is 0.415. The third-order valence-corrected chi connectivity index (χ3v) is 1.17. The van der Waals surface area contributed by atoms with Gasteiger partial charge in [-0.05, 0) is 6.07 Å². The summed E-state index contributed by atoms with van der Waals surface area (Å²) < 4.78 is 12.6. The number of halogens is 1. The number of nitrogens with zero attached hydrogens (tertiary/aromatic N) is 1. The maximum absolute atomic E-state index is 12.6.